The zero-order valence-corrected chi connectivity index (χ0v) is 11.5. The molecule has 104 valence electrons. The Morgan fingerprint density at radius 2 is 2.05 bits per heavy atom. The molecule has 0 fully saturated rings. The fourth-order valence-corrected chi connectivity index (χ4v) is 1.96. The van der Waals surface area contributed by atoms with E-state index in [1.807, 2.05) is 43.3 Å². The van der Waals surface area contributed by atoms with E-state index in [1.54, 1.807) is 12.4 Å². The van der Waals surface area contributed by atoms with Gasteiger partial charge in [-0.3, -0.25) is 9.78 Å². The van der Waals surface area contributed by atoms with E-state index in [9.17, 15) is 4.79 Å². The van der Waals surface area contributed by atoms with Crippen molar-refractivity contribution in [3.63, 3.8) is 0 Å². The van der Waals surface area contributed by atoms with Crippen molar-refractivity contribution in [2.75, 3.05) is 5.32 Å². The highest BCUT2D eigenvalue weighted by Gasteiger charge is 2.09. The number of anilines is 1. The van der Waals surface area contributed by atoms with Crippen LogP contribution in [0.5, 0.6) is 0 Å². The molecule has 0 aliphatic heterocycles. The molecule has 0 spiro atoms. The van der Waals surface area contributed by atoms with Gasteiger partial charge in [0.1, 0.15) is 0 Å². The van der Waals surface area contributed by atoms with Gasteiger partial charge >= 0.3 is 0 Å². The molecule has 0 saturated heterocycles. The number of amides is 1. The summed E-state index contributed by atoms with van der Waals surface area (Å²) < 4.78 is 0. The Labute approximate surface area is 119 Å². The Balaban J connectivity index is 1.85. The van der Waals surface area contributed by atoms with Crippen molar-refractivity contribution in [2.45, 2.75) is 25.8 Å². The second-order valence-electron chi connectivity index (χ2n) is 4.79. The lowest BCUT2D eigenvalue weighted by Crippen LogP contribution is -2.17. The number of aromatic nitrogens is 1. The summed E-state index contributed by atoms with van der Waals surface area (Å²) in [7, 11) is 0. The first-order chi connectivity index (χ1) is 9.66. The minimum absolute atomic E-state index is 0.0347. The predicted octanol–water partition coefficient (Wildman–Crippen LogP) is 2.81. The highest BCUT2D eigenvalue weighted by atomic mass is 16.1. The fourth-order valence-electron chi connectivity index (χ4n) is 1.96. The molecular weight excluding hydrogens is 250 g/mol. The maximum absolute atomic E-state index is 11.9. The van der Waals surface area contributed by atoms with Crippen LogP contribution in [0, 0.1) is 6.92 Å². The molecule has 1 atom stereocenters. The number of carbonyl (C=O) groups excluding carboxylic acids is 1. The highest BCUT2D eigenvalue weighted by molar-refractivity contribution is 5.91. The molecule has 1 unspecified atom stereocenters. The van der Waals surface area contributed by atoms with Gasteiger partial charge in [-0.15, -0.1) is 0 Å². The Bertz CT molecular complexity index is 569. The monoisotopic (exact) mass is 269 g/mol. The third-order valence-corrected chi connectivity index (χ3v) is 3.22. The van der Waals surface area contributed by atoms with Crippen LogP contribution in [0.2, 0.25) is 0 Å². The van der Waals surface area contributed by atoms with Crippen LogP contribution >= 0.6 is 0 Å². The zero-order valence-electron chi connectivity index (χ0n) is 11.5. The molecule has 4 heteroatoms. The topological polar surface area (TPSA) is 68.0 Å². The Morgan fingerprint density at radius 3 is 2.75 bits per heavy atom. The number of aryl methyl sites for hydroxylation is 1. The van der Waals surface area contributed by atoms with E-state index in [0.29, 0.717) is 12.8 Å². The summed E-state index contributed by atoms with van der Waals surface area (Å²) in [5.74, 6) is -0.0347. The summed E-state index contributed by atoms with van der Waals surface area (Å²) in [4.78, 5) is 15.9. The molecule has 0 bridgehead atoms. The molecule has 1 aromatic heterocycles. The number of pyridine rings is 1. The number of benzene rings is 1. The SMILES string of the molecule is Cc1ccncc1NC(=O)CCC(N)c1ccccc1. The van der Waals surface area contributed by atoms with Crippen molar-refractivity contribution in [1.29, 1.82) is 0 Å². The summed E-state index contributed by atoms with van der Waals surface area (Å²) >= 11 is 0. The maximum Gasteiger partial charge on any atom is 0.224 e. The Kier molecular flexibility index (Phi) is 4.85. The summed E-state index contributed by atoms with van der Waals surface area (Å²) in [6.45, 7) is 1.94. The van der Waals surface area contributed by atoms with Crippen molar-refractivity contribution in [1.82, 2.24) is 4.98 Å². The molecule has 0 aliphatic rings. The van der Waals surface area contributed by atoms with Crippen LogP contribution in [-0.4, -0.2) is 10.9 Å². The average Bonchev–Trinajstić information content (AvgIpc) is 2.48. The molecule has 0 saturated carbocycles. The number of nitrogens with one attached hydrogen (secondary N) is 1. The van der Waals surface area contributed by atoms with Crippen molar-refractivity contribution in [2.24, 2.45) is 5.73 Å². The third kappa shape index (κ3) is 3.90. The fraction of sp³-hybridized carbons (Fsp3) is 0.250. The van der Waals surface area contributed by atoms with Crippen LogP contribution in [0.1, 0.15) is 30.0 Å². The lowest BCUT2D eigenvalue weighted by molar-refractivity contribution is -0.116. The van der Waals surface area contributed by atoms with E-state index < -0.39 is 0 Å². The van der Waals surface area contributed by atoms with Gasteiger partial charge in [0.05, 0.1) is 11.9 Å². The number of nitrogens with zero attached hydrogens (tertiary/aromatic N) is 1. The van der Waals surface area contributed by atoms with Crippen molar-refractivity contribution < 1.29 is 4.79 Å². The second-order valence-corrected chi connectivity index (χ2v) is 4.79. The first-order valence-corrected chi connectivity index (χ1v) is 6.68. The lowest BCUT2D eigenvalue weighted by Gasteiger charge is -2.12. The van der Waals surface area contributed by atoms with Crippen LogP contribution in [0.15, 0.2) is 48.8 Å². The van der Waals surface area contributed by atoms with Crippen molar-refractivity contribution in [3.05, 3.63) is 59.9 Å². The van der Waals surface area contributed by atoms with E-state index in [0.717, 1.165) is 16.8 Å². The van der Waals surface area contributed by atoms with Gasteiger partial charge in [0, 0.05) is 18.7 Å². The zero-order chi connectivity index (χ0) is 14.4. The van der Waals surface area contributed by atoms with E-state index in [2.05, 4.69) is 10.3 Å². The summed E-state index contributed by atoms with van der Waals surface area (Å²) in [5.41, 5.74) is 8.88. The first kappa shape index (κ1) is 14.2. The number of nitrogens with two attached hydrogens (primary N) is 1. The number of hydrogen-bond donors (Lipinski definition) is 2. The summed E-state index contributed by atoms with van der Waals surface area (Å²) in [6.07, 6.45) is 4.38. The standard InChI is InChI=1S/C16H19N3O/c1-12-9-10-18-11-15(12)19-16(20)8-7-14(17)13-5-3-2-4-6-13/h2-6,9-11,14H,7-8,17H2,1H3,(H,19,20). The smallest absolute Gasteiger partial charge is 0.224 e. The maximum atomic E-state index is 11.9. The highest BCUT2D eigenvalue weighted by Crippen LogP contribution is 2.16. The van der Waals surface area contributed by atoms with Crippen LogP contribution in [0.25, 0.3) is 0 Å². The molecule has 0 radical (unpaired) electrons. The largest absolute Gasteiger partial charge is 0.325 e. The van der Waals surface area contributed by atoms with Gasteiger partial charge < -0.3 is 11.1 Å². The second kappa shape index (κ2) is 6.82. The lowest BCUT2D eigenvalue weighted by atomic mass is 10.0. The normalized spacial score (nSPS) is 11.9. The van der Waals surface area contributed by atoms with E-state index in [1.165, 1.54) is 0 Å². The minimum Gasteiger partial charge on any atom is -0.325 e. The summed E-state index contributed by atoms with van der Waals surface area (Å²) in [5, 5.41) is 2.86. The third-order valence-electron chi connectivity index (χ3n) is 3.22. The quantitative estimate of drug-likeness (QED) is 0.877. The van der Waals surface area contributed by atoms with Crippen LogP contribution in [-0.2, 0) is 4.79 Å². The van der Waals surface area contributed by atoms with Crippen LogP contribution < -0.4 is 11.1 Å². The van der Waals surface area contributed by atoms with Gasteiger partial charge in [-0.1, -0.05) is 30.3 Å². The van der Waals surface area contributed by atoms with Gasteiger partial charge in [-0.05, 0) is 30.5 Å². The first-order valence-electron chi connectivity index (χ1n) is 6.68. The molecule has 1 aromatic carbocycles. The molecule has 1 heterocycles. The molecule has 2 rings (SSSR count). The predicted molar refractivity (Wildman–Crippen MR) is 80.2 cm³/mol. The average molecular weight is 269 g/mol. The Hall–Kier alpha value is -2.20. The van der Waals surface area contributed by atoms with Crippen molar-refractivity contribution >= 4 is 11.6 Å². The minimum atomic E-state index is -0.114. The van der Waals surface area contributed by atoms with Crippen LogP contribution in [0.3, 0.4) is 0 Å². The van der Waals surface area contributed by atoms with Crippen molar-refractivity contribution in [3.8, 4) is 0 Å². The molecule has 0 aliphatic carbocycles. The molecule has 20 heavy (non-hydrogen) atoms. The molecule has 2 aromatic rings. The van der Waals surface area contributed by atoms with E-state index >= 15 is 0 Å². The van der Waals surface area contributed by atoms with E-state index in [4.69, 9.17) is 5.73 Å². The van der Waals surface area contributed by atoms with Gasteiger partial charge in [0.2, 0.25) is 5.91 Å². The Morgan fingerprint density at radius 1 is 1.30 bits per heavy atom. The van der Waals surface area contributed by atoms with E-state index in [-0.39, 0.29) is 11.9 Å². The van der Waals surface area contributed by atoms with Gasteiger partial charge in [0.25, 0.3) is 0 Å². The van der Waals surface area contributed by atoms with Gasteiger partial charge in [0.15, 0.2) is 0 Å². The molecule has 1 amide bonds. The van der Waals surface area contributed by atoms with Crippen LogP contribution in [0.4, 0.5) is 5.69 Å². The van der Waals surface area contributed by atoms with Gasteiger partial charge in [-0.25, -0.2) is 0 Å². The number of rotatable bonds is 5. The number of carbonyl (C=O) groups is 1. The molecule has 4 nitrogen and oxygen atoms in total. The summed E-state index contributed by atoms with van der Waals surface area (Å²) in [6, 6.07) is 11.6. The number of hydrogen-bond acceptors (Lipinski definition) is 3. The molecular formula is C16H19N3O. The molecule has 3 N–H and O–H groups in total. The van der Waals surface area contributed by atoms with Gasteiger partial charge in [-0.2, -0.15) is 0 Å².